The Labute approximate surface area is 143 Å². The van der Waals surface area contributed by atoms with E-state index in [1.165, 1.54) is 0 Å². The van der Waals surface area contributed by atoms with Gasteiger partial charge in [-0.2, -0.15) is 0 Å². The van der Waals surface area contributed by atoms with Gasteiger partial charge >= 0.3 is 6.09 Å². The lowest BCUT2D eigenvalue weighted by Gasteiger charge is -2.38. The number of rotatable bonds is 4. The molecule has 1 aliphatic rings. The minimum absolute atomic E-state index is 0.311. The first-order valence-electron chi connectivity index (χ1n) is 8.35. The second kappa shape index (κ2) is 7.44. The van der Waals surface area contributed by atoms with Crippen LogP contribution in [0.5, 0.6) is 0 Å². The lowest BCUT2D eigenvalue weighted by molar-refractivity contribution is -0.0310. The first-order valence-corrected chi connectivity index (χ1v) is 8.35. The van der Waals surface area contributed by atoms with Crippen LogP contribution < -0.4 is 5.32 Å². The fourth-order valence-corrected chi connectivity index (χ4v) is 2.64. The van der Waals surface area contributed by atoms with Gasteiger partial charge in [-0.3, -0.25) is 0 Å². The molecule has 0 bridgehead atoms. The van der Waals surface area contributed by atoms with E-state index in [0.717, 1.165) is 11.4 Å². The third-order valence-electron chi connectivity index (χ3n) is 3.97. The molecule has 24 heavy (non-hydrogen) atoms. The van der Waals surface area contributed by atoms with Crippen LogP contribution in [0.15, 0.2) is 12.4 Å². The van der Waals surface area contributed by atoms with Crippen LogP contribution in [0.4, 0.5) is 4.79 Å². The highest BCUT2D eigenvalue weighted by molar-refractivity contribution is 5.68. The smallest absolute Gasteiger partial charge is 0.410 e. The molecule has 0 unspecified atom stereocenters. The maximum Gasteiger partial charge on any atom is 0.410 e. The normalized spacial score (nSPS) is 17.6. The molecule has 0 aromatic carbocycles. The van der Waals surface area contributed by atoms with Gasteiger partial charge < -0.3 is 20.1 Å². The van der Waals surface area contributed by atoms with E-state index < -0.39 is 11.2 Å². The van der Waals surface area contributed by atoms with Crippen molar-refractivity contribution < 1.29 is 14.6 Å². The van der Waals surface area contributed by atoms with Crippen molar-refractivity contribution in [3.8, 4) is 0 Å². The molecule has 2 N–H and O–H groups in total. The predicted molar refractivity (Wildman–Crippen MR) is 90.5 cm³/mol. The molecule has 134 valence electrons. The van der Waals surface area contributed by atoms with Crippen molar-refractivity contribution in [3.05, 3.63) is 23.8 Å². The monoisotopic (exact) mass is 336 g/mol. The summed E-state index contributed by atoms with van der Waals surface area (Å²) >= 11 is 0. The van der Waals surface area contributed by atoms with Gasteiger partial charge in [0.1, 0.15) is 11.9 Å². The summed E-state index contributed by atoms with van der Waals surface area (Å²) < 4.78 is 5.37. The Bertz CT molecular complexity index is 563. The van der Waals surface area contributed by atoms with Crippen LogP contribution in [0.25, 0.3) is 0 Å². The van der Waals surface area contributed by atoms with Gasteiger partial charge in [0.15, 0.2) is 0 Å². The molecule has 0 aliphatic carbocycles. The first-order chi connectivity index (χ1) is 11.2. The Kier molecular flexibility index (Phi) is 5.77. The summed E-state index contributed by atoms with van der Waals surface area (Å²) in [5, 5.41) is 13.9. The Hall–Kier alpha value is -1.73. The van der Waals surface area contributed by atoms with E-state index in [9.17, 15) is 9.90 Å². The molecular weight excluding hydrogens is 308 g/mol. The highest BCUT2D eigenvalue weighted by Gasteiger charge is 2.35. The van der Waals surface area contributed by atoms with Crippen LogP contribution in [0.1, 0.15) is 45.0 Å². The molecule has 7 nitrogen and oxygen atoms in total. The van der Waals surface area contributed by atoms with Crippen LogP contribution >= 0.6 is 0 Å². The largest absolute Gasteiger partial charge is 0.444 e. The Morgan fingerprint density at radius 1 is 1.38 bits per heavy atom. The molecule has 1 aliphatic heterocycles. The number of aryl methyl sites for hydroxylation is 1. The molecule has 1 aromatic heterocycles. The zero-order chi connectivity index (χ0) is 17.8. The van der Waals surface area contributed by atoms with Crippen molar-refractivity contribution in [3.63, 3.8) is 0 Å². The van der Waals surface area contributed by atoms with Gasteiger partial charge in [0.2, 0.25) is 0 Å². The lowest BCUT2D eigenvalue weighted by Crippen LogP contribution is -2.52. The van der Waals surface area contributed by atoms with Crippen molar-refractivity contribution in [2.45, 2.75) is 58.3 Å². The van der Waals surface area contributed by atoms with Crippen molar-refractivity contribution in [1.29, 1.82) is 0 Å². The minimum Gasteiger partial charge on any atom is -0.444 e. The number of ether oxygens (including phenoxy) is 1. The van der Waals surface area contributed by atoms with E-state index in [2.05, 4.69) is 15.3 Å². The summed E-state index contributed by atoms with van der Waals surface area (Å²) in [5.74, 6) is 0. The van der Waals surface area contributed by atoms with Crippen LogP contribution in [0.3, 0.4) is 0 Å². The number of aromatic nitrogens is 2. The number of hydrogen-bond donors (Lipinski definition) is 2. The standard InChI is InChI=1S/C17H28N4O3/c1-13-9-14(20-12-19-13)10-18-11-17(23)5-7-21(8-6-17)15(22)24-16(2,3)4/h9,12,18,23H,5-8,10-11H2,1-4H3. The van der Waals surface area contributed by atoms with E-state index in [-0.39, 0.29) is 6.09 Å². The fraction of sp³-hybridized carbons (Fsp3) is 0.706. The molecule has 1 amide bonds. The summed E-state index contributed by atoms with van der Waals surface area (Å²) in [5.41, 5.74) is 0.520. The molecule has 0 radical (unpaired) electrons. The molecule has 2 heterocycles. The summed E-state index contributed by atoms with van der Waals surface area (Å²) in [6, 6.07) is 1.92. The topological polar surface area (TPSA) is 87.6 Å². The van der Waals surface area contributed by atoms with Gasteiger partial charge in [-0.05, 0) is 46.6 Å². The van der Waals surface area contributed by atoms with Crippen molar-refractivity contribution >= 4 is 6.09 Å². The van der Waals surface area contributed by atoms with Gasteiger partial charge in [-0.25, -0.2) is 14.8 Å². The zero-order valence-corrected chi connectivity index (χ0v) is 15.0. The average Bonchev–Trinajstić information content (AvgIpc) is 2.46. The third-order valence-corrected chi connectivity index (χ3v) is 3.97. The first kappa shape index (κ1) is 18.6. The number of carbonyl (C=O) groups excluding carboxylic acids is 1. The number of likely N-dealkylation sites (tertiary alicyclic amines) is 1. The van der Waals surface area contributed by atoms with Crippen LogP contribution in [-0.4, -0.2) is 56.9 Å². The van der Waals surface area contributed by atoms with Crippen molar-refractivity contribution in [1.82, 2.24) is 20.2 Å². The Morgan fingerprint density at radius 3 is 2.62 bits per heavy atom. The molecule has 2 rings (SSSR count). The Morgan fingerprint density at radius 2 is 2.04 bits per heavy atom. The molecule has 0 spiro atoms. The minimum atomic E-state index is -0.805. The summed E-state index contributed by atoms with van der Waals surface area (Å²) in [4.78, 5) is 22.0. The number of aliphatic hydroxyl groups is 1. The maximum absolute atomic E-state index is 12.0. The van der Waals surface area contributed by atoms with E-state index in [1.54, 1.807) is 11.2 Å². The summed E-state index contributed by atoms with van der Waals surface area (Å²) in [6.07, 6.45) is 2.29. The quantitative estimate of drug-likeness (QED) is 0.869. The number of nitrogens with zero attached hydrogens (tertiary/aromatic N) is 3. The molecule has 7 heteroatoms. The van der Waals surface area contributed by atoms with Gasteiger partial charge in [-0.1, -0.05) is 0 Å². The van der Waals surface area contributed by atoms with E-state index in [0.29, 0.717) is 39.0 Å². The van der Waals surface area contributed by atoms with Gasteiger partial charge in [0.25, 0.3) is 0 Å². The van der Waals surface area contributed by atoms with Gasteiger partial charge in [0.05, 0.1) is 11.3 Å². The third kappa shape index (κ3) is 5.72. The summed E-state index contributed by atoms with van der Waals surface area (Å²) in [7, 11) is 0. The molecule has 0 saturated carbocycles. The molecule has 1 fully saturated rings. The number of carbonyl (C=O) groups is 1. The highest BCUT2D eigenvalue weighted by Crippen LogP contribution is 2.23. The highest BCUT2D eigenvalue weighted by atomic mass is 16.6. The number of amides is 1. The molecule has 0 atom stereocenters. The fourth-order valence-electron chi connectivity index (χ4n) is 2.64. The van der Waals surface area contributed by atoms with Gasteiger partial charge in [0, 0.05) is 31.9 Å². The second-order valence-electron chi connectivity index (χ2n) is 7.45. The van der Waals surface area contributed by atoms with E-state index in [4.69, 9.17) is 4.74 Å². The molecular formula is C17H28N4O3. The second-order valence-corrected chi connectivity index (χ2v) is 7.45. The van der Waals surface area contributed by atoms with E-state index >= 15 is 0 Å². The van der Waals surface area contributed by atoms with Crippen LogP contribution in [0, 0.1) is 6.92 Å². The number of piperidine rings is 1. The molecule has 1 aromatic rings. The lowest BCUT2D eigenvalue weighted by atomic mass is 9.91. The Balaban J connectivity index is 1.76. The maximum atomic E-state index is 12.0. The number of nitrogens with one attached hydrogen (secondary N) is 1. The van der Waals surface area contributed by atoms with Gasteiger partial charge in [-0.15, -0.1) is 0 Å². The summed E-state index contributed by atoms with van der Waals surface area (Å²) in [6.45, 7) is 9.53. The number of hydrogen-bond acceptors (Lipinski definition) is 6. The average molecular weight is 336 g/mol. The van der Waals surface area contributed by atoms with E-state index in [1.807, 2.05) is 33.8 Å². The SMILES string of the molecule is Cc1cc(CNCC2(O)CCN(C(=O)OC(C)(C)C)CC2)ncn1. The predicted octanol–water partition coefficient (Wildman–Crippen LogP) is 1.64. The van der Waals surface area contributed by atoms with Crippen LogP contribution in [-0.2, 0) is 11.3 Å². The zero-order valence-electron chi connectivity index (χ0n) is 15.0. The van der Waals surface area contributed by atoms with Crippen molar-refractivity contribution in [2.75, 3.05) is 19.6 Å². The van der Waals surface area contributed by atoms with Crippen molar-refractivity contribution in [2.24, 2.45) is 0 Å². The molecule has 1 saturated heterocycles. The van der Waals surface area contributed by atoms with Crippen LogP contribution in [0.2, 0.25) is 0 Å².